The van der Waals surface area contributed by atoms with E-state index in [1.807, 2.05) is 20.8 Å². The van der Waals surface area contributed by atoms with Gasteiger partial charge < -0.3 is 5.32 Å². The molecule has 0 aliphatic carbocycles. The second-order valence-electron chi connectivity index (χ2n) is 5.36. The van der Waals surface area contributed by atoms with Gasteiger partial charge in [-0.2, -0.15) is 0 Å². The number of aryl methyl sites for hydroxylation is 1. The largest absolute Gasteiger partial charge is 0.350 e. The Kier molecular flexibility index (Phi) is 3.09. The quantitative estimate of drug-likeness (QED) is 0.784. The van der Waals surface area contributed by atoms with Crippen LogP contribution in [0.5, 0.6) is 0 Å². The van der Waals surface area contributed by atoms with Gasteiger partial charge in [-0.1, -0.05) is 5.21 Å². The zero-order chi connectivity index (χ0) is 14.2. The van der Waals surface area contributed by atoms with Gasteiger partial charge in [0.25, 0.3) is 5.56 Å². The van der Waals surface area contributed by atoms with Gasteiger partial charge in [0.05, 0.1) is 0 Å². The van der Waals surface area contributed by atoms with Crippen molar-refractivity contribution in [1.29, 1.82) is 0 Å². The first-order valence-electron chi connectivity index (χ1n) is 5.84. The molecule has 19 heavy (non-hydrogen) atoms. The number of hydrogen-bond donors (Lipinski definition) is 1. The first-order chi connectivity index (χ1) is 8.78. The molecular formula is C11H16N6O2. The number of nitrogens with zero attached hydrogens (tertiary/aromatic N) is 5. The standard InChI is InChI=1S/C11H16N6O2/c1-11(2,3)13-7(18)5-17-6-12-9-8(10(17)19)14-15-16(9)4/h6H,5H2,1-4H3,(H,13,18). The van der Waals surface area contributed by atoms with Crippen LogP contribution < -0.4 is 10.9 Å². The molecule has 2 heterocycles. The number of carbonyl (C=O) groups is 1. The second kappa shape index (κ2) is 4.45. The van der Waals surface area contributed by atoms with E-state index in [1.54, 1.807) is 7.05 Å². The number of hydrogen-bond acceptors (Lipinski definition) is 5. The molecule has 0 atom stereocenters. The molecule has 0 unspecified atom stereocenters. The summed E-state index contributed by atoms with van der Waals surface area (Å²) >= 11 is 0. The molecule has 1 N–H and O–H groups in total. The molecule has 8 heteroatoms. The first kappa shape index (κ1) is 13.2. The number of carbonyl (C=O) groups excluding carboxylic acids is 1. The number of amides is 1. The molecule has 0 aliphatic rings. The molecule has 102 valence electrons. The van der Waals surface area contributed by atoms with Gasteiger partial charge >= 0.3 is 0 Å². The van der Waals surface area contributed by atoms with Crippen LogP contribution in [-0.2, 0) is 18.4 Å². The lowest BCUT2D eigenvalue weighted by Gasteiger charge is -2.20. The van der Waals surface area contributed by atoms with Crippen LogP contribution in [0.25, 0.3) is 11.2 Å². The summed E-state index contributed by atoms with van der Waals surface area (Å²) in [6.45, 7) is 5.53. The molecule has 0 radical (unpaired) electrons. The number of nitrogens with one attached hydrogen (secondary N) is 1. The number of fused-ring (bicyclic) bond motifs is 1. The maximum atomic E-state index is 12.1. The summed E-state index contributed by atoms with van der Waals surface area (Å²) in [7, 11) is 1.65. The zero-order valence-electron chi connectivity index (χ0n) is 11.3. The maximum absolute atomic E-state index is 12.1. The van der Waals surface area contributed by atoms with Gasteiger partial charge in [0.1, 0.15) is 12.9 Å². The molecule has 8 nitrogen and oxygen atoms in total. The molecule has 0 saturated carbocycles. The highest BCUT2D eigenvalue weighted by Crippen LogP contribution is 2.01. The average molecular weight is 264 g/mol. The van der Waals surface area contributed by atoms with Crippen molar-refractivity contribution >= 4 is 17.1 Å². The fourth-order valence-corrected chi connectivity index (χ4v) is 1.67. The minimum Gasteiger partial charge on any atom is -0.350 e. The van der Waals surface area contributed by atoms with Crippen molar-refractivity contribution in [3.63, 3.8) is 0 Å². The van der Waals surface area contributed by atoms with Crippen LogP contribution in [0.2, 0.25) is 0 Å². The lowest BCUT2D eigenvalue weighted by Crippen LogP contribution is -2.43. The predicted octanol–water partition coefficient (Wildman–Crippen LogP) is -0.560. The summed E-state index contributed by atoms with van der Waals surface area (Å²) in [5.41, 5.74) is -0.154. The van der Waals surface area contributed by atoms with Gasteiger partial charge in [0, 0.05) is 12.6 Å². The monoisotopic (exact) mass is 264 g/mol. The van der Waals surface area contributed by atoms with Crippen molar-refractivity contribution in [2.24, 2.45) is 7.05 Å². The molecule has 2 aromatic rings. The highest BCUT2D eigenvalue weighted by atomic mass is 16.2. The van der Waals surface area contributed by atoms with Crippen molar-refractivity contribution in [3.8, 4) is 0 Å². The van der Waals surface area contributed by atoms with Crippen molar-refractivity contribution in [2.45, 2.75) is 32.9 Å². The highest BCUT2D eigenvalue weighted by Gasteiger charge is 2.16. The summed E-state index contributed by atoms with van der Waals surface area (Å²) in [6, 6.07) is 0. The van der Waals surface area contributed by atoms with E-state index in [0.29, 0.717) is 5.65 Å². The highest BCUT2D eigenvalue weighted by molar-refractivity contribution is 5.77. The summed E-state index contributed by atoms with van der Waals surface area (Å²) in [6.07, 6.45) is 1.33. The Morgan fingerprint density at radius 2 is 2.11 bits per heavy atom. The van der Waals surface area contributed by atoms with Gasteiger partial charge in [0.15, 0.2) is 11.2 Å². The molecule has 0 fully saturated rings. The van der Waals surface area contributed by atoms with E-state index in [4.69, 9.17) is 0 Å². The molecule has 0 aliphatic heterocycles. The zero-order valence-corrected chi connectivity index (χ0v) is 11.3. The van der Waals surface area contributed by atoms with E-state index in [-0.39, 0.29) is 29.1 Å². The van der Waals surface area contributed by atoms with Gasteiger partial charge in [-0.15, -0.1) is 5.10 Å². The predicted molar refractivity (Wildman–Crippen MR) is 68.5 cm³/mol. The Balaban J connectivity index is 2.29. The van der Waals surface area contributed by atoms with Crippen molar-refractivity contribution in [1.82, 2.24) is 29.9 Å². The van der Waals surface area contributed by atoms with Gasteiger partial charge in [-0.05, 0) is 20.8 Å². The molecule has 2 aromatic heterocycles. The molecule has 0 aromatic carbocycles. The molecule has 0 bridgehead atoms. The van der Waals surface area contributed by atoms with Crippen molar-refractivity contribution in [2.75, 3.05) is 0 Å². The Bertz CT molecular complexity index is 679. The van der Waals surface area contributed by atoms with E-state index >= 15 is 0 Å². The van der Waals surface area contributed by atoms with E-state index in [2.05, 4.69) is 20.6 Å². The lowest BCUT2D eigenvalue weighted by atomic mass is 10.1. The summed E-state index contributed by atoms with van der Waals surface area (Å²) in [5.74, 6) is -0.250. The average Bonchev–Trinajstić information content (AvgIpc) is 2.63. The van der Waals surface area contributed by atoms with Crippen LogP contribution in [0.1, 0.15) is 20.8 Å². The molecular weight excluding hydrogens is 248 g/mol. The Morgan fingerprint density at radius 1 is 1.42 bits per heavy atom. The fourth-order valence-electron chi connectivity index (χ4n) is 1.67. The number of rotatable bonds is 2. The third kappa shape index (κ3) is 2.78. The van der Waals surface area contributed by atoms with Crippen molar-refractivity contribution in [3.05, 3.63) is 16.7 Å². The Hall–Kier alpha value is -2.25. The van der Waals surface area contributed by atoms with Crippen LogP contribution in [0, 0.1) is 0 Å². The SMILES string of the molecule is Cn1nnc2c(=O)n(CC(=O)NC(C)(C)C)cnc21. The normalized spacial score (nSPS) is 11.8. The molecule has 0 spiro atoms. The fraction of sp³-hybridized carbons (Fsp3) is 0.545. The third-order valence-corrected chi connectivity index (χ3v) is 2.41. The Morgan fingerprint density at radius 3 is 2.74 bits per heavy atom. The molecule has 2 rings (SSSR count). The van der Waals surface area contributed by atoms with Crippen LogP contribution in [0.15, 0.2) is 11.1 Å². The summed E-state index contributed by atoms with van der Waals surface area (Å²) in [5, 5.41) is 10.3. The van der Waals surface area contributed by atoms with Crippen LogP contribution in [-0.4, -0.2) is 36.0 Å². The second-order valence-corrected chi connectivity index (χ2v) is 5.36. The smallest absolute Gasteiger partial charge is 0.283 e. The molecule has 0 saturated heterocycles. The van der Waals surface area contributed by atoms with E-state index in [0.717, 1.165) is 0 Å². The maximum Gasteiger partial charge on any atom is 0.283 e. The minimum atomic E-state index is -0.373. The van der Waals surface area contributed by atoms with Gasteiger partial charge in [0.2, 0.25) is 5.91 Å². The van der Waals surface area contributed by atoms with Crippen LogP contribution >= 0.6 is 0 Å². The first-order valence-corrected chi connectivity index (χ1v) is 5.84. The van der Waals surface area contributed by atoms with E-state index < -0.39 is 0 Å². The van der Waals surface area contributed by atoms with Crippen molar-refractivity contribution < 1.29 is 4.79 Å². The minimum absolute atomic E-state index is 0.0877. The number of aromatic nitrogens is 5. The summed E-state index contributed by atoms with van der Waals surface area (Å²) in [4.78, 5) is 27.9. The van der Waals surface area contributed by atoms with Crippen LogP contribution in [0.4, 0.5) is 0 Å². The summed E-state index contributed by atoms with van der Waals surface area (Å²) < 4.78 is 2.63. The topological polar surface area (TPSA) is 94.7 Å². The lowest BCUT2D eigenvalue weighted by molar-refractivity contribution is -0.123. The van der Waals surface area contributed by atoms with Gasteiger partial charge in [-0.3, -0.25) is 14.2 Å². The van der Waals surface area contributed by atoms with E-state index in [1.165, 1.54) is 15.6 Å². The van der Waals surface area contributed by atoms with Gasteiger partial charge in [-0.25, -0.2) is 9.67 Å². The van der Waals surface area contributed by atoms with E-state index in [9.17, 15) is 9.59 Å². The third-order valence-electron chi connectivity index (χ3n) is 2.41. The van der Waals surface area contributed by atoms with Crippen LogP contribution in [0.3, 0.4) is 0 Å². The molecule has 1 amide bonds. The Labute approximate surface area is 109 Å².